The van der Waals surface area contributed by atoms with Gasteiger partial charge in [0.05, 0.1) is 22.1 Å². The summed E-state index contributed by atoms with van der Waals surface area (Å²) >= 11 is 6.22. The second kappa shape index (κ2) is 10.6. The Kier molecular flexibility index (Phi) is 7.44. The number of anilines is 1. The van der Waals surface area contributed by atoms with Gasteiger partial charge in [0, 0.05) is 17.1 Å². The minimum absolute atomic E-state index is 0.0112. The van der Waals surface area contributed by atoms with Crippen molar-refractivity contribution in [2.75, 3.05) is 11.9 Å². The molecule has 4 aromatic rings. The van der Waals surface area contributed by atoms with Crippen molar-refractivity contribution in [3.63, 3.8) is 0 Å². The second-order valence-corrected chi connectivity index (χ2v) is 9.75. The van der Waals surface area contributed by atoms with Crippen LogP contribution in [-0.2, 0) is 10.1 Å². The molecule has 4 aromatic carbocycles. The molecule has 11 heteroatoms. The fourth-order valence-corrected chi connectivity index (χ4v) is 4.74. The van der Waals surface area contributed by atoms with Crippen LogP contribution in [0.15, 0.2) is 81.9 Å². The van der Waals surface area contributed by atoms with Crippen LogP contribution in [0, 0.1) is 6.92 Å². The second-order valence-electron chi connectivity index (χ2n) is 7.95. The third kappa shape index (κ3) is 5.56. The quantitative estimate of drug-likeness (QED) is 0.174. The lowest BCUT2D eigenvalue weighted by Crippen LogP contribution is -2.12. The first-order valence-electron chi connectivity index (χ1n) is 11.1. The van der Waals surface area contributed by atoms with E-state index in [2.05, 4.69) is 15.5 Å². The molecule has 0 aliphatic rings. The topological polar surface area (TPSA) is 138 Å². The van der Waals surface area contributed by atoms with Crippen LogP contribution >= 0.6 is 11.6 Å². The fourth-order valence-electron chi connectivity index (χ4n) is 3.77. The lowest BCUT2D eigenvalue weighted by atomic mass is 10.0. The maximum absolute atomic E-state index is 13.1. The zero-order valence-corrected chi connectivity index (χ0v) is 21.3. The first kappa shape index (κ1) is 26.1. The number of aromatic hydroxyl groups is 1. The minimum atomic E-state index is -4.52. The smallest absolute Gasteiger partial charge is 0.294 e. The van der Waals surface area contributed by atoms with Gasteiger partial charge in [0.1, 0.15) is 17.1 Å². The molecular formula is C26H22ClN3O6S. The van der Waals surface area contributed by atoms with Gasteiger partial charge in [-0.2, -0.15) is 8.42 Å². The van der Waals surface area contributed by atoms with Gasteiger partial charge in [-0.3, -0.25) is 9.35 Å². The molecule has 0 bridgehead atoms. The van der Waals surface area contributed by atoms with E-state index in [9.17, 15) is 22.9 Å². The van der Waals surface area contributed by atoms with Crippen LogP contribution in [0.1, 0.15) is 22.8 Å². The molecular weight excluding hydrogens is 518 g/mol. The monoisotopic (exact) mass is 539 g/mol. The Morgan fingerprint density at radius 2 is 1.76 bits per heavy atom. The molecule has 0 saturated carbocycles. The molecule has 0 atom stereocenters. The number of amides is 1. The van der Waals surface area contributed by atoms with E-state index in [-0.39, 0.29) is 32.4 Å². The summed E-state index contributed by atoms with van der Waals surface area (Å²) in [6.07, 6.45) is 0. The summed E-state index contributed by atoms with van der Waals surface area (Å²) in [5.41, 5.74) is 0.465. The van der Waals surface area contributed by atoms with E-state index >= 15 is 0 Å². The van der Waals surface area contributed by atoms with E-state index in [0.717, 1.165) is 6.07 Å². The maximum Gasteiger partial charge on any atom is 0.294 e. The number of halogens is 1. The van der Waals surface area contributed by atoms with Crippen LogP contribution in [-0.4, -0.2) is 30.6 Å². The summed E-state index contributed by atoms with van der Waals surface area (Å²) < 4.78 is 38.3. The zero-order chi connectivity index (χ0) is 26.7. The first-order chi connectivity index (χ1) is 17.6. The Morgan fingerprint density at radius 1 is 1.03 bits per heavy atom. The van der Waals surface area contributed by atoms with Gasteiger partial charge in [0.2, 0.25) is 0 Å². The number of nitrogens with zero attached hydrogens (tertiary/aromatic N) is 2. The Bertz CT molecular complexity index is 1650. The average molecular weight is 540 g/mol. The summed E-state index contributed by atoms with van der Waals surface area (Å²) in [5, 5.41) is 23.2. The van der Waals surface area contributed by atoms with Crippen LogP contribution in [0.4, 0.5) is 17.1 Å². The number of carbonyl (C=O) groups is 1. The number of nitrogens with one attached hydrogen (secondary N) is 1. The number of rotatable bonds is 7. The summed E-state index contributed by atoms with van der Waals surface area (Å²) in [6.45, 7) is 3.73. The highest BCUT2D eigenvalue weighted by Gasteiger charge is 2.21. The van der Waals surface area contributed by atoms with Crippen LogP contribution < -0.4 is 10.1 Å². The van der Waals surface area contributed by atoms with Crippen molar-refractivity contribution in [1.82, 2.24) is 0 Å². The van der Waals surface area contributed by atoms with E-state index < -0.39 is 21.8 Å². The minimum Gasteiger partial charge on any atom is -0.505 e. The number of phenolic OH excluding ortho intramolecular Hbond substituents is 1. The summed E-state index contributed by atoms with van der Waals surface area (Å²) in [6, 6.07) is 17.7. The van der Waals surface area contributed by atoms with Gasteiger partial charge < -0.3 is 15.2 Å². The lowest BCUT2D eigenvalue weighted by Gasteiger charge is -2.12. The van der Waals surface area contributed by atoms with Gasteiger partial charge in [0.25, 0.3) is 16.0 Å². The van der Waals surface area contributed by atoms with Gasteiger partial charge in [-0.1, -0.05) is 41.9 Å². The van der Waals surface area contributed by atoms with Crippen LogP contribution in [0.25, 0.3) is 10.8 Å². The van der Waals surface area contributed by atoms with E-state index in [1.165, 1.54) is 19.1 Å². The van der Waals surface area contributed by atoms with E-state index in [0.29, 0.717) is 28.8 Å². The third-order valence-corrected chi connectivity index (χ3v) is 6.81. The maximum atomic E-state index is 13.1. The van der Waals surface area contributed by atoms with Crippen molar-refractivity contribution in [2.24, 2.45) is 10.2 Å². The molecule has 0 heterocycles. The Balaban J connectivity index is 1.80. The highest BCUT2D eigenvalue weighted by molar-refractivity contribution is 7.85. The molecule has 0 unspecified atom stereocenters. The number of hydrogen-bond donors (Lipinski definition) is 3. The van der Waals surface area contributed by atoms with Crippen LogP contribution in [0.2, 0.25) is 5.02 Å². The molecule has 1 amide bonds. The molecule has 190 valence electrons. The first-order valence-corrected chi connectivity index (χ1v) is 12.9. The van der Waals surface area contributed by atoms with Crippen molar-refractivity contribution in [1.29, 1.82) is 0 Å². The van der Waals surface area contributed by atoms with Crippen molar-refractivity contribution < 1.29 is 27.6 Å². The van der Waals surface area contributed by atoms with Gasteiger partial charge in [-0.25, -0.2) is 0 Å². The van der Waals surface area contributed by atoms with Crippen molar-refractivity contribution >= 4 is 55.5 Å². The van der Waals surface area contributed by atoms with Crippen LogP contribution in [0.5, 0.6) is 11.5 Å². The zero-order valence-electron chi connectivity index (χ0n) is 19.8. The summed E-state index contributed by atoms with van der Waals surface area (Å²) in [4.78, 5) is 12.8. The van der Waals surface area contributed by atoms with Crippen LogP contribution in [0.3, 0.4) is 0 Å². The largest absolute Gasteiger partial charge is 0.505 e. The number of ether oxygens (including phenoxy) is 1. The molecule has 0 aliphatic carbocycles. The third-order valence-electron chi connectivity index (χ3n) is 5.50. The Morgan fingerprint density at radius 3 is 2.49 bits per heavy atom. The van der Waals surface area contributed by atoms with Gasteiger partial charge in [-0.15, -0.1) is 10.2 Å². The van der Waals surface area contributed by atoms with E-state index in [4.69, 9.17) is 16.3 Å². The Hall–Kier alpha value is -3.99. The van der Waals surface area contributed by atoms with Crippen molar-refractivity contribution in [2.45, 2.75) is 18.7 Å². The number of phenols is 1. The number of benzene rings is 4. The van der Waals surface area contributed by atoms with E-state index in [1.54, 1.807) is 48.5 Å². The molecule has 4 rings (SSSR count). The normalized spacial score (nSPS) is 11.7. The summed E-state index contributed by atoms with van der Waals surface area (Å²) in [5.74, 6) is -0.437. The van der Waals surface area contributed by atoms with Gasteiger partial charge in [-0.05, 0) is 55.1 Å². The molecule has 0 spiro atoms. The summed E-state index contributed by atoms with van der Waals surface area (Å²) in [7, 11) is -4.52. The number of fused-ring (bicyclic) bond motifs is 1. The molecule has 0 radical (unpaired) electrons. The molecule has 37 heavy (non-hydrogen) atoms. The molecule has 0 saturated heterocycles. The predicted molar refractivity (Wildman–Crippen MR) is 141 cm³/mol. The predicted octanol–water partition coefficient (Wildman–Crippen LogP) is 6.82. The van der Waals surface area contributed by atoms with Gasteiger partial charge >= 0.3 is 0 Å². The van der Waals surface area contributed by atoms with Gasteiger partial charge in [0.15, 0.2) is 5.75 Å². The molecule has 0 aliphatic heterocycles. The molecule has 0 aromatic heterocycles. The SMILES string of the molecule is CCOc1cccc(NC(=O)c2cc3ccccc3c(N=Nc3c(Cl)ccc(S(=O)(=O)O)c3C)c2O)c1. The molecule has 0 fully saturated rings. The number of carbonyl (C=O) groups excluding carboxylic acids is 1. The Labute approximate surface area is 218 Å². The van der Waals surface area contributed by atoms with Crippen molar-refractivity contribution in [3.8, 4) is 11.5 Å². The standard InChI is InChI=1S/C26H22ClN3O6S/c1-3-36-18-9-6-8-17(14-18)28-26(32)20-13-16-7-4-5-10-19(16)24(25(20)31)30-29-23-15(2)22(37(33,34)35)12-11-21(23)27/h4-14,31H,3H2,1-2H3,(H,28,32)(H,33,34,35). The fraction of sp³-hybridized carbons (Fsp3) is 0.115. The van der Waals surface area contributed by atoms with Crippen molar-refractivity contribution in [3.05, 3.63) is 82.9 Å². The van der Waals surface area contributed by atoms with E-state index in [1.807, 2.05) is 6.92 Å². The lowest BCUT2D eigenvalue weighted by molar-refractivity contribution is 0.102. The number of azo groups is 1. The highest BCUT2D eigenvalue weighted by atomic mass is 35.5. The highest BCUT2D eigenvalue weighted by Crippen LogP contribution is 2.41. The molecule has 3 N–H and O–H groups in total. The average Bonchev–Trinajstić information content (AvgIpc) is 2.84. The number of hydrogen-bond acceptors (Lipinski definition) is 7. The molecule has 9 nitrogen and oxygen atoms in total.